The molecule has 8 bridgehead atoms. The van der Waals surface area contributed by atoms with Gasteiger partial charge in [-0.25, -0.2) is 4.98 Å². The Balaban J connectivity index is 1.36. The Morgan fingerprint density at radius 1 is 1.03 bits per heavy atom. The van der Waals surface area contributed by atoms with Crippen molar-refractivity contribution in [2.24, 2.45) is 5.92 Å². The minimum absolute atomic E-state index is 0.284. The maximum Gasteiger partial charge on any atom is 0.250 e. The molecule has 38 heavy (non-hydrogen) atoms. The third kappa shape index (κ3) is 5.68. The number of nitrogens with zero attached hydrogens (tertiary/aromatic N) is 5. The number of benzene rings is 1. The first-order valence-electron chi connectivity index (χ1n) is 13.9. The Labute approximate surface area is 229 Å². The van der Waals surface area contributed by atoms with Crippen LogP contribution >= 0.6 is 11.9 Å². The first kappa shape index (κ1) is 25.2. The van der Waals surface area contributed by atoms with Gasteiger partial charge in [-0.15, -0.1) is 10.2 Å². The second-order valence-electron chi connectivity index (χ2n) is 10.3. The van der Waals surface area contributed by atoms with Crippen molar-refractivity contribution in [1.82, 2.24) is 15.2 Å². The number of hydrogen-bond donors (Lipinski definition) is 1. The minimum atomic E-state index is 0.284. The summed E-state index contributed by atoms with van der Waals surface area (Å²) < 4.78 is 16.1. The maximum atomic E-state index is 6.31. The highest BCUT2D eigenvalue weighted by Gasteiger charge is 2.25. The van der Waals surface area contributed by atoms with E-state index in [1.165, 1.54) is 6.42 Å². The van der Waals surface area contributed by atoms with E-state index in [1.54, 1.807) is 11.9 Å². The van der Waals surface area contributed by atoms with E-state index in [-0.39, 0.29) is 6.10 Å². The van der Waals surface area contributed by atoms with Crippen LogP contribution in [0.15, 0.2) is 53.1 Å². The Bertz CT molecular complexity index is 1260. The van der Waals surface area contributed by atoms with Crippen molar-refractivity contribution in [3.8, 4) is 22.9 Å². The van der Waals surface area contributed by atoms with Gasteiger partial charge in [-0.1, -0.05) is 31.0 Å². The molecule has 2 aromatic heterocycles. The molecule has 7 rings (SSSR count). The van der Waals surface area contributed by atoms with E-state index in [4.69, 9.17) is 9.15 Å². The van der Waals surface area contributed by atoms with Crippen LogP contribution < -0.4 is 14.5 Å². The molecule has 0 spiro atoms. The van der Waals surface area contributed by atoms with Crippen molar-refractivity contribution in [1.29, 1.82) is 0 Å². The van der Waals surface area contributed by atoms with E-state index < -0.39 is 0 Å². The number of anilines is 3. The van der Waals surface area contributed by atoms with Gasteiger partial charge in [0.1, 0.15) is 5.82 Å². The second-order valence-corrected chi connectivity index (χ2v) is 11.2. The molecule has 3 aromatic rings. The summed E-state index contributed by atoms with van der Waals surface area (Å²) in [7, 11) is 0. The Hall–Kier alpha value is -3.04. The molecular formula is C29H36N6O2S. The molecule has 2 fully saturated rings. The van der Waals surface area contributed by atoms with Gasteiger partial charge in [0.15, 0.2) is 0 Å². The molecule has 1 unspecified atom stereocenters. The number of ether oxygens (including phenoxy) is 1. The average Bonchev–Trinajstić information content (AvgIpc) is 3.46. The van der Waals surface area contributed by atoms with E-state index >= 15 is 0 Å². The first-order chi connectivity index (χ1) is 18.8. The molecule has 9 heteroatoms. The number of hydrogen-bond acceptors (Lipinski definition) is 9. The van der Waals surface area contributed by atoms with Crippen molar-refractivity contribution >= 4 is 29.1 Å². The number of aromatic nitrogens is 3. The predicted molar refractivity (Wildman–Crippen MR) is 155 cm³/mol. The maximum absolute atomic E-state index is 6.31. The van der Waals surface area contributed by atoms with Gasteiger partial charge in [0, 0.05) is 49.4 Å². The van der Waals surface area contributed by atoms with Gasteiger partial charge in [-0.2, -0.15) is 0 Å². The van der Waals surface area contributed by atoms with Crippen LogP contribution in [0.5, 0.6) is 0 Å². The lowest BCUT2D eigenvalue weighted by Crippen LogP contribution is -2.37. The quantitative estimate of drug-likeness (QED) is 0.246. The van der Waals surface area contributed by atoms with Gasteiger partial charge in [0.2, 0.25) is 11.8 Å². The fourth-order valence-corrected chi connectivity index (χ4v) is 6.13. The van der Waals surface area contributed by atoms with Gasteiger partial charge >= 0.3 is 0 Å². The molecule has 4 aliphatic rings. The lowest BCUT2D eigenvalue weighted by atomic mass is 9.97. The zero-order valence-corrected chi connectivity index (χ0v) is 22.8. The number of fused-ring (bicyclic) bond motifs is 4. The molecule has 0 saturated carbocycles. The van der Waals surface area contributed by atoms with E-state index in [0.717, 1.165) is 85.9 Å². The molecule has 1 N–H and O–H groups in total. The normalized spacial score (nSPS) is 22.2. The minimum Gasteiger partial charge on any atom is -0.416 e. The largest absolute Gasteiger partial charge is 0.416 e. The standard InChI is InChI=1S/C29H36N6O2S/c1-2-17-38-33-23-7-8-25-26(19-23)34-14-10-24(11-15-34)36-16-4-6-21-5-3-13-35(20-21)27-18-22(9-12-30-27)28-31-32-29(25)37-28/h4,6-9,12,18-19,21,24,33H,2-3,5,10-11,13-17,20H2,1H3/b6-4+. The topological polar surface area (TPSA) is 79.5 Å². The van der Waals surface area contributed by atoms with Gasteiger partial charge in [-0.3, -0.25) is 0 Å². The third-order valence-corrected chi connectivity index (χ3v) is 8.54. The average molecular weight is 533 g/mol. The summed E-state index contributed by atoms with van der Waals surface area (Å²) in [6.45, 7) is 6.69. The number of nitrogens with one attached hydrogen (secondary N) is 1. The SMILES string of the molecule is CCCSNc1ccc2c(c1)N1CCC(CC1)OC/C=C/C1CCCN(C1)c1cc(ccn1)-c1nnc-2o1. The van der Waals surface area contributed by atoms with Gasteiger partial charge in [-0.05, 0) is 68.4 Å². The molecule has 200 valence electrons. The van der Waals surface area contributed by atoms with E-state index in [2.05, 4.69) is 73.0 Å². The van der Waals surface area contributed by atoms with Gasteiger partial charge in [0.05, 0.1) is 24.0 Å². The van der Waals surface area contributed by atoms with Crippen molar-refractivity contribution in [2.75, 3.05) is 53.1 Å². The Morgan fingerprint density at radius 3 is 2.82 bits per heavy atom. The van der Waals surface area contributed by atoms with E-state index in [0.29, 0.717) is 24.3 Å². The molecule has 6 heterocycles. The summed E-state index contributed by atoms with van der Waals surface area (Å²) in [5.74, 6) is 3.59. The number of rotatable bonds is 4. The number of pyridine rings is 1. The molecule has 0 aliphatic carbocycles. The molecule has 8 nitrogen and oxygen atoms in total. The van der Waals surface area contributed by atoms with Crippen molar-refractivity contribution in [2.45, 2.75) is 45.1 Å². The summed E-state index contributed by atoms with van der Waals surface area (Å²) in [5, 5.41) is 8.95. The summed E-state index contributed by atoms with van der Waals surface area (Å²) in [5.41, 5.74) is 4.06. The van der Waals surface area contributed by atoms with Crippen molar-refractivity contribution in [3.63, 3.8) is 0 Å². The molecule has 4 aliphatic heterocycles. The van der Waals surface area contributed by atoms with Crippen molar-refractivity contribution in [3.05, 3.63) is 48.7 Å². The molecule has 1 atom stereocenters. The monoisotopic (exact) mass is 532 g/mol. The lowest BCUT2D eigenvalue weighted by molar-refractivity contribution is 0.0560. The van der Waals surface area contributed by atoms with Crippen LogP contribution in [0.4, 0.5) is 17.2 Å². The second kappa shape index (κ2) is 11.8. The highest BCUT2D eigenvalue weighted by Crippen LogP contribution is 2.37. The van der Waals surface area contributed by atoms with Crippen LogP contribution in [0.25, 0.3) is 22.9 Å². The lowest BCUT2D eigenvalue weighted by Gasteiger charge is -2.34. The van der Waals surface area contributed by atoms with Crippen LogP contribution in [-0.4, -0.2) is 59.8 Å². The Kier molecular flexibility index (Phi) is 7.83. The highest BCUT2D eigenvalue weighted by molar-refractivity contribution is 8.00. The van der Waals surface area contributed by atoms with Crippen LogP contribution in [0.1, 0.15) is 39.0 Å². The van der Waals surface area contributed by atoms with Crippen molar-refractivity contribution < 1.29 is 9.15 Å². The van der Waals surface area contributed by atoms with Gasteiger partial charge < -0.3 is 23.7 Å². The molecule has 1 aromatic carbocycles. The Morgan fingerprint density at radius 2 is 1.92 bits per heavy atom. The van der Waals surface area contributed by atoms with Gasteiger partial charge in [0.25, 0.3) is 0 Å². The van der Waals surface area contributed by atoms with Crippen LogP contribution in [0, 0.1) is 5.92 Å². The summed E-state index contributed by atoms with van der Waals surface area (Å²) in [4.78, 5) is 9.47. The summed E-state index contributed by atoms with van der Waals surface area (Å²) in [6, 6.07) is 10.4. The fourth-order valence-electron chi connectivity index (χ4n) is 5.53. The van der Waals surface area contributed by atoms with E-state index in [1.807, 2.05) is 12.3 Å². The van der Waals surface area contributed by atoms with Crippen LogP contribution in [-0.2, 0) is 4.74 Å². The van der Waals surface area contributed by atoms with E-state index in [9.17, 15) is 0 Å². The summed E-state index contributed by atoms with van der Waals surface area (Å²) >= 11 is 1.74. The smallest absolute Gasteiger partial charge is 0.250 e. The first-order valence-corrected chi connectivity index (χ1v) is 14.9. The third-order valence-electron chi connectivity index (χ3n) is 7.54. The molecule has 0 amide bonds. The van der Waals surface area contributed by atoms with Crippen LogP contribution in [0.2, 0.25) is 0 Å². The number of piperidine rings is 2. The molecule has 0 radical (unpaired) electrons. The zero-order chi connectivity index (χ0) is 25.7. The summed E-state index contributed by atoms with van der Waals surface area (Å²) in [6.07, 6.45) is 12.2. The fraction of sp³-hybridized carbons (Fsp3) is 0.483. The van der Waals surface area contributed by atoms with Crippen LogP contribution in [0.3, 0.4) is 0 Å². The highest BCUT2D eigenvalue weighted by atomic mass is 32.2. The molecule has 2 saturated heterocycles. The predicted octanol–water partition coefficient (Wildman–Crippen LogP) is 6.04. The zero-order valence-electron chi connectivity index (χ0n) is 22.0. The molecular weight excluding hydrogens is 496 g/mol.